The van der Waals surface area contributed by atoms with Crippen LogP contribution in [0.1, 0.15) is 43.5 Å². The molecule has 33 heavy (non-hydrogen) atoms. The Hall–Kier alpha value is -2.33. The fraction of sp³-hybridized carbons (Fsp3) is 0.652. The van der Waals surface area contributed by atoms with E-state index in [4.69, 9.17) is 9.47 Å². The number of rotatable bonds is 4. The molecule has 1 N–H and O–H groups in total. The molecule has 2 amide bonds. The standard InChI is InChI=1S/C23H35N3O6S/c1-15-12-26(22(27)17-7-6-8-17)16(2)14-32-20-10-9-18(24-33(5,29)30)11-19(20)23(28)25(3)13-21(15)31-4/h9-11,15-17,21,24H,6-8,12-14H2,1-5H3/t15-,16+,21-/m0/s1. The normalized spacial score (nSPS) is 25.2. The maximum atomic E-state index is 13.3. The van der Waals surface area contributed by atoms with Crippen LogP contribution in [0.25, 0.3) is 0 Å². The highest BCUT2D eigenvalue weighted by molar-refractivity contribution is 7.92. The van der Waals surface area contributed by atoms with Gasteiger partial charge in [-0.15, -0.1) is 0 Å². The Morgan fingerprint density at radius 3 is 2.48 bits per heavy atom. The number of nitrogens with one attached hydrogen (secondary N) is 1. The minimum absolute atomic E-state index is 0.00569. The van der Waals surface area contributed by atoms with Gasteiger partial charge < -0.3 is 19.3 Å². The van der Waals surface area contributed by atoms with Gasteiger partial charge in [-0.1, -0.05) is 13.3 Å². The maximum absolute atomic E-state index is 13.3. The maximum Gasteiger partial charge on any atom is 0.257 e. The SMILES string of the molecule is CO[C@H]1CN(C)C(=O)c2cc(NS(C)(=O)=O)ccc2OC[C@@H](C)N(C(=O)C2CCC2)C[C@@H]1C. The summed E-state index contributed by atoms with van der Waals surface area (Å²) in [5, 5.41) is 0. The van der Waals surface area contributed by atoms with Crippen LogP contribution in [0.2, 0.25) is 0 Å². The van der Waals surface area contributed by atoms with E-state index in [2.05, 4.69) is 4.72 Å². The van der Waals surface area contributed by atoms with Crippen molar-refractivity contribution in [3.8, 4) is 5.75 Å². The molecule has 1 fully saturated rings. The molecule has 0 radical (unpaired) electrons. The van der Waals surface area contributed by atoms with Gasteiger partial charge in [0.2, 0.25) is 15.9 Å². The molecule has 0 aromatic heterocycles. The molecule has 1 aliphatic carbocycles. The first-order chi connectivity index (χ1) is 15.5. The van der Waals surface area contributed by atoms with Gasteiger partial charge in [-0.25, -0.2) is 8.42 Å². The number of anilines is 1. The van der Waals surface area contributed by atoms with E-state index in [1.54, 1.807) is 31.2 Å². The fourth-order valence-electron chi connectivity index (χ4n) is 4.25. The highest BCUT2D eigenvalue weighted by Crippen LogP contribution is 2.31. The molecule has 0 unspecified atom stereocenters. The van der Waals surface area contributed by atoms with Gasteiger partial charge in [0.05, 0.1) is 24.0 Å². The molecular formula is C23H35N3O6S. The third-order valence-electron chi connectivity index (χ3n) is 6.49. The van der Waals surface area contributed by atoms with Crippen LogP contribution in [-0.2, 0) is 19.6 Å². The predicted octanol–water partition coefficient (Wildman–Crippen LogP) is 2.19. The second kappa shape index (κ2) is 10.3. The molecule has 1 aromatic rings. The number of benzene rings is 1. The lowest BCUT2D eigenvalue weighted by Crippen LogP contribution is -2.51. The summed E-state index contributed by atoms with van der Waals surface area (Å²) in [6, 6.07) is 4.42. The lowest BCUT2D eigenvalue weighted by Gasteiger charge is -2.39. The van der Waals surface area contributed by atoms with Crippen LogP contribution >= 0.6 is 0 Å². The molecule has 2 aliphatic rings. The van der Waals surface area contributed by atoms with Gasteiger partial charge in [-0.3, -0.25) is 14.3 Å². The topological polar surface area (TPSA) is 105 Å². The van der Waals surface area contributed by atoms with Gasteiger partial charge in [0.1, 0.15) is 12.4 Å². The molecule has 3 atom stereocenters. The Labute approximate surface area is 196 Å². The monoisotopic (exact) mass is 481 g/mol. The smallest absolute Gasteiger partial charge is 0.257 e. The van der Waals surface area contributed by atoms with Crippen molar-refractivity contribution in [3.63, 3.8) is 0 Å². The number of carbonyl (C=O) groups excluding carboxylic acids is 2. The van der Waals surface area contributed by atoms with Crippen molar-refractivity contribution in [3.05, 3.63) is 23.8 Å². The van der Waals surface area contributed by atoms with Crippen molar-refractivity contribution < 1.29 is 27.5 Å². The van der Waals surface area contributed by atoms with E-state index in [9.17, 15) is 18.0 Å². The van der Waals surface area contributed by atoms with Gasteiger partial charge in [-0.05, 0) is 38.0 Å². The zero-order chi connectivity index (χ0) is 24.3. The average molecular weight is 482 g/mol. The second-order valence-corrected chi connectivity index (χ2v) is 11.0. The summed E-state index contributed by atoms with van der Waals surface area (Å²) in [5.41, 5.74) is 0.526. The van der Waals surface area contributed by atoms with E-state index < -0.39 is 10.0 Å². The highest BCUT2D eigenvalue weighted by atomic mass is 32.2. The number of methoxy groups -OCH3 is 1. The molecule has 1 saturated carbocycles. The molecular weight excluding hydrogens is 446 g/mol. The molecule has 0 saturated heterocycles. The summed E-state index contributed by atoms with van der Waals surface area (Å²) in [6.45, 7) is 5.02. The molecule has 10 heteroatoms. The summed E-state index contributed by atoms with van der Waals surface area (Å²) in [6.07, 6.45) is 3.69. The first-order valence-corrected chi connectivity index (χ1v) is 13.2. The number of ether oxygens (including phenoxy) is 2. The van der Waals surface area contributed by atoms with Crippen molar-refractivity contribution in [2.45, 2.75) is 45.3 Å². The highest BCUT2D eigenvalue weighted by Gasteiger charge is 2.35. The van der Waals surface area contributed by atoms with Crippen LogP contribution in [-0.4, -0.2) is 82.3 Å². The largest absolute Gasteiger partial charge is 0.491 e. The zero-order valence-corrected chi connectivity index (χ0v) is 20.9. The van der Waals surface area contributed by atoms with E-state index in [1.165, 1.54) is 6.07 Å². The van der Waals surface area contributed by atoms with Crippen molar-refractivity contribution in [2.75, 3.05) is 44.8 Å². The van der Waals surface area contributed by atoms with Gasteiger partial charge in [-0.2, -0.15) is 0 Å². The minimum atomic E-state index is -3.51. The number of hydrogen-bond donors (Lipinski definition) is 1. The lowest BCUT2D eigenvalue weighted by molar-refractivity contribution is -0.142. The van der Waals surface area contributed by atoms with Crippen LogP contribution in [0.15, 0.2) is 18.2 Å². The number of sulfonamides is 1. The number of amides is 2. The Morgan fingerprint density at radius 2 is 1.91 bits per heavy atom. The number of likely N-dealkylation sites (N-methyl/N-ethyl adjacent to an activating group) is 1. The second-order valence-electron chi connectivity index (χ2n) is 9.30. The van der Waals surface area contributed by atoms with Crippen LogP contribution in [0.3, 0.4) is 0 Å². The summed E-state index contributed by atoms with van der Waals surface area (Å²) < 4.78 is 37.5. The van der Waals surface area contributed by atoms with Crippen LogP contribution < -0.4 is 9.46 Å². The van der Waals surface area contributed by atoms with E-state index in [-0.39, 0.29) is 53.7 Å². The zero-order valence-electron chi connectivity index (χ0n) is 20.0. The third-order valence-corrected chi connectivity index (χ3v) is 7.09. The number of nitrogens with zero attached hydrogens (tertiary/aromatic N) is 2. The molecule has 3 rings (SSSR count). The van der Waals surface area contributed by atoms with E-state index in [0.717, 1.165) is 25.5 Å². The number of carbonyl (C=O) groups is 2. The number of fused-ring (bicyclic) bond motifs is 1. The van der Waals surface area contributed by atoms with Crippen molar-refractivity contribution in [1.82, 2.24) is 9.80 Å². The molecule has 9 nitrogen and oxygen atoms in total. The quantitative estimate of drug-likeness (QED) is 0.707. The van der Waals surface area contributed by atoms with Crippen molar-refractivity contribution in [1.29, 1.82) is 0 Å². The number of hydrogen-bond acceptors (Lipinski definition) is 6. The summed E-state index contributed by atoms with van der Waals surface area (Å²) in [5.74, 6) is 0.250. The lowest BCUT2D eigenvalue weighted by atomic mass is 9.83. The van der Waals surface area contributed by atoms with Crippen LogP contribution in [0.5, 0.6) is 5.75 Å². The minimum Gasteiger partial charge on any atom is -0.491 e. The molecule has 184 valence electrons. The molecule has 1 aliphatic heterocycles. The molecule has 1 heterocycles. The molecule has 0 spiro atoms. The van der Waals surface area contributed by atoms with E-state index in [1.807, 2.05) is 18.7 Å². The molecule has 1 aromatic carbocycles. The first kappa shape index (κ1) is 25.3. The summed E-state index contributed by atoms with van der Waals surface area (Å²) in [4.78, 5) is 29.9. The van der Waals surface area contributed by atoms with Crippen molar-refractivity contribution in [2.24, 2.45) is 11.8 Å². The van der Waals surface area contributed by atoms with E-state index >= 15 is 0 Å². The third kappa shape index (κ3) is 6.17. The van der Waals surface area contributed by atoms with Gasteiger partial charge >= 0.3 is 0 Å². The van der Waals surface area contributed by atoms with Gasteiger partial charge in [0, 0.05) is 44.8 Å². The Kier molecular flexibility index (Phi) is 7.89. The predicted molar refractivity (Wildman–Crippen MR) is 126 cm³/mol. The van der Waals surface area contributed by atoms with Gasteiger partial charge in [0.25, 0.3) is 5.91 Å². The average Bonchev–Trinajstić information content (AvgIpc) is 2.70. The van der Waals surface area contributed by atoms with E-state index in [0.29, 0.717) is 18.8 Å². The Bertz CT molecular complexity index is 978. The summed E-state index contributed by atoms with van der Waals surface area (Å²) in [7, 11) is -0.222. The van der Waals surface area contributed by atoms with Crippen molar-refractivity contribution >= 4 is 27.5 Å². The van der Waals surface area contributed by atoms with Crippen LogP contribution in [0.4, 0.5) is 5.69 Å². The Balaban J connectivity index is 1.96. The fourth-order valence-corrected chi connectivity index (χ4v) is 4.81. The van der Waals surface area contributed by atoms with Gasteiger partial charge in [0.15, 0.2) is 0 Å². The molecule has 0 bridgehead atoms. The summed E-state index contributed by atoms with van der Waals surface area (Å²) >= 11 is 0. The first-order valence-electron chi connectivity index (χ1n) is 11.3. The Morgan fingerprint density at radius 1 is 1.21 bits per heavy atom. The van der Waals surface area contributed by atoms with Crippen LogP contribution in [0, 0.1) is 11.8 Å².